The van der Waals surface area contributed by atoms with Gasteiger partial charge in [0.15, 0.2) is 0 Å². The number of hydrogen-bond acceptors (Lipinski definition) is 2. The molecule has 0 aromatic heterocycles. The second-order valence-electron chi connectivity index (χ2n) is 7.69. The van der Waals surface area contributed by atoms with E-state index in [1.807, 2.05) is 19.9 Å². The maximum absolute atomic E-state index is 11.9. The van der Waals surface area contributed by atoms with Crippen molar-refractivity contribution in [3.05, 3.63) is 23.8 Å². The van der Waals surface area contributed by atoms with Crippen LogP contribution in [0.3, 0.4) is 0 Å². The molecule has 0 spiro atoms. The lowest BCUT2D eigenvalue weighted by Gasteiger charge is -2.57. The Morgan fingerprint density at radius 2 is 2.09 bits per heavy atom. The van der Waals surface area contributed by atoms with Gasteiger partial charge in [-0.15, -0.1) is 0 Å². The van der Waals surface area contributed by atoms with Crippen LogP contribution in [0.1, 0.15) is 59.3 Å². The summed E-state index contributed by atoms with van der Waals surface area (Å²) in [5.74, 6) is -0.193. The molecular weight excluding hydrogens is 276 g/mol. The van der Waals surface area contributed by atoms with Crippen molar-refractivity contribution in [2.45, 2.75) is 59.3 Å². The van der Waals surface area contributed by atoms with Gasteiger partial charge in [-0.25, -0.2) is 0 Å². The molecule has 2 aliphatic carbocycles. The maximum Gasteiger partial charge on any atom is 0.309 e. The third-order valence-corrected chi connectivity index (χ3v) is 6.37. The number of carbonyl (C=O) groups is 2. The number of aliphatic carboxylic acids is 1. The normalized spacial score (nSPS) is 39.2. The fraction of sp³-hybridized carbons (Fsp3) is 0.684. The zero-order valence-electron chi connectivity index (χ0n) is 14.0. The van der Waals surface area contributed by atoms with Crippen LogP contribution in [0.15, 0.2) is 23.8 Å². The van der Waals surface area contributed by atoms with Gasteiger partial charge in [0, 0.05) is 0 Å². The average Bonchev–Trinajstić information content (AvgIpc) is 2.45. The monoisotopic (exact) mass is 304 g/mol. The summed E-state index contributed by atoms with van der Waals surface area (Å²) in [6.45, 7) is 10.3. The lowest BCUT2D eigenvalue weighted by atomic mass is 9.46. The van der Waals surface area contributed by atoms with Crippen molar-refractivity contribution in [3.63, 3.8) is 0 Å². The number of allylic oxidation sites excluding steroid dienone is 3. The minimum absolute atomic E-state index is 0.0274. The molecule has 122 valence electrons. The Bertz CT molecular complexity index is 519. The van der Waals surface area contributed by atoms with Crippen LogP contribution in [-0.4, -0.2) is 17.4 Å². The molecule has 2 fully saturated rings. The van der Waals surface area contributed by atoms with Crippen molar-refractivity contribution in [3.8, 4) is 0 Å². The summed E-state index contributed by atoms with van der Waals surface area (Å²) in [6, 6.07) is 0. The molecule has 0 aromatic carbocycles. The van der Waals surface area contributed by atoms with Crippen LogP contribution in [0.2, 0.25) is 0 Å². The Hall–Kier alpha value is -1.38. The van der Waals surface area contributed by atoms with Crippen molar-refractivity contribution in [1.29, 1.82) is 0 Å². The lowest BCUT2D eigenvalue weighted by molar-refractivity contribution is -0.164. The highest BCUT2D eigenvalue weighted by Gasteiger charge is 2.57. The van der Waals surface area contributed by atoms with E-state index in [4.69, 9.17) is 0 Å². The quantitative estimate of drug-likeness (QED) is 0.476. The number of carboxylic acids is 1. The number of carboxylic acid groups (broad SMARTS) is 1. The third-order valence-electron chi connectivity index (χ3n) is 6.37. The lowest BCUT2D eigenvalue weighted by Crippen LogP contribution is -2.53. The van der Waals surface area contributed by atoms with Crippen LogP contribution in [0.25, 0.3) is 0 Å². The van der Waals surface area contributed by atoms with Crippen LogP contribution in [0.5, 0.6) is 0 Å². The summed E-state index contributed by atoms with van der Waals surface area (Å²) in [6.07, 6.45) is 8.27. The number of carbonyl (C=O) groups excluding carboxylic acids is 1. The fourth-order valence-corrected chi connectivity index (χ4v) is 4.99. The molecule has 0 saturated heterocycles. The zero-order chi connectivity index (χ0) is 16.5. The van der Waals surface area contributed by atoms with E-state index in [1.54, 1.807) is 0 Å². The Labute approximate surface area is 133 Å². The largest absolute Gasteiger partial charge is 0.481 e. The first kappa shape index (κ1) is 17.0. The number of rotatable bonds is 4. The molecule has 4 atom stereocenters. The van der Waals surface area contributed by atoms with E-state index in [1.165, 1.54) is 5.57 Å². The zero-order valence-corrected chi connectivity index (χ0v) is 14.0. The Balaban J connectivity index is 2.36. The van der Waals surface area contributed by atoms with Gasteiger partial charge in [-0.05, 0) is 68.8 Å². The average molecular weight is 304 g/mol. The van der Waals surface area contributed by atoms with Crippen LogP contribution in [0, 0.1) is 22.7 Å². The van der Waals surface area contributed by atoms with Crippen molar-refractivity contribution < 1.29 is 14.7 Å². The van der Waals surface area contributed by atoms with Gasteiger partial charge < -0.3 is 5.11 Å². The van der Waals surface area contributed by atoms with Gasteiger partial charge in [-0.3, -0.25) is 9.59 Å². The Kier molecular flexibility index (Phi) is 4.65. The molecule has 0 bridgehead atoms. The van der Waals surface area contributed by atoms with Crippen LogP contribution in [0.4, 0.5) is 0 Å². The predicted molar refractivity (Wildman–Crippen MR) is 87.5 cm³/mol. The minimum atomic E-state index is -0.658. The van der Waals surface area contributed by atoms with Gasteiger partial charge >= 0.3 is 5.97 Å². The molecule has 0 aliphatic heterocycles. The van der Waals surface area contributed by atoms with E-state index in [2.05, 4.69) is 13.5 Å². The first-order valence-corrected chi connectivity index (χ1v) is 8.28. The molecule has 1 N–H and O–H groups in total. The van der Waals surface area contributed by atoms with Crippen LogP contribution in [-0.2, 0) is 9.59 Å². The van der Waals surface area contributed by atoms with Crippen LogP contribution < -0.4 is 0 Å². The molecular formula is C19H28O3. The summed E-state index contributed by atoms with van der Waals surface area (Å²) >= 11 is 0. The standard InChI is InChI=1S/C19H28O3/c1-13(12-20)6-8-15-14(2)7-9-16-18(15,3)10-5-11-19(16,4)17(21)22/h6,12,15-16H,2,5,7-11H2,1,3-4H3,(H,21,22)/b13-6+/t15-,16+,18+,19+/m1/s1. The highest BCUT2D eigenvalue weighted by Crippen LogP contribution is 2.61. The molecule has 2 aliphatic rings. The summed E-state index contributed by atoms with van der Waals surface area (Å²) in [4.78, 5) is 22.7. The van der Waals surface area contributed by atoms with Gasteiger partial charge in [-0.1, -0.05) is 31.6 Å². The van der Waals surface area contributed by atoms with Crippen molar-refractivity contribution in [1.82, 2.24) is 0 Å². The topological polar surface area (TPSA) is 54.4 Å². The van der Waals surface area contributed by atoms with Gasteiger partial charge in [0.05, 0.1) is 5.41 Å². The maximum atomic E-state index is 11.9. The second kappa shape index (κ2) is 6.02. The molecule has 22 heavy (non-hydrogen) atoms. The highest BCUT2D eigenvalue weighted by atomic mass is 16.4. The fourth-order valence-electron chi connectivity index (χ4n) is 4.99. The smallest absolute Gasteiger partial charge is 0.309 e. The third kappa shape index (κ3) is 2.66. The molecule has 0 aromatic rings. The molecule has 2 saturated carbocycles. The second-order valence-corrected chi connectivity index (χ2v) is 7.69. The molecule has 0 amide bonds. The Morgan fingerprint density at radius 1 is 1.41 bits per heavy atom. The van der Waals surface area contributed by atoms with E-state index in [-0.39, 0.29) is 17.3 Å². The van der Waals surface area contributed by atoms with E-state index in [9.17, 15) is 14.7 Å². The van der Waals surface area contributed by atoms with Gasteiger partial charge in [0.25, 0.3) is 0 Å². The summed E-state index contributed by atoms with van der Waals surface area (Å²) in [5, 5.41) is 9.78. The SMILES string of the molecule is C=C1CC[C@H]2[C@@](C)(CCC[C@]2(C)C(=O)O)[C@@H]1C/C=C(\C)C=O. The molecule has 3 nitrogen and oxygen atoms in total. The van der Waals surface area contributed by atoms with E-state index in [0.29, 0.717) is 0 Å². The van der Waals surface area contributed by atoms with E-state index >= 15 is 0 Å². The number of fused-ring (bicyclic) bond motifs is 1. The molecule has 0 heterocycles. The first-order valence-electron chi connectivity index (χ1n) is 8.28. The Morgan fingerprint density at radius 3 is 2.68 bits per heavy atom. The first-order chi connectivity index (χ1) is 10.3. The van der Waals surface area contributed by atoms with Gasteiger partial charge in [-0.2, -0.15) is 0 Å². The molecule has 2 rings (SSSR count). The highest BCUT2D eigenvalue weighted by molar-refractivity contribution is 5.75. The summed E-state index contributed by atoms with van der Waals surface area (Å²) in [5.41, 5.74) is 1.31. The van der Waals surface area contributed by atoms with Crippen molar-refractivity contribution in [2.24, 2.45) is 22.7 Å². The predicted octanol–water partition coefficient (Wildman–Crippen LogP) is 4.39. The van der Waals surface area contributed by atoms with E-state index < -0.39 is 11.4 Å². The number of hydrogen-bond donors (Lipinski definition) is 1. The van der Waals surface area contributed by atoms with Crippen molar-refractivity contribution >= 4 is 12.3 Å². The van der Waals surface area contributed by atoms with Crippen LogP contribution >= 0.6 is 0 Å². The summed E-state index contributed by atoms with van der Waals surface area (Å²) < 4.78 is 0. The number of aldehydes is 1. The minimum Gasteiger partial charge on any atom is -0.481 e. The molecule has 3 heteroatoms. The van der Waals surface area contributed by atoms with Crippen molar-refractivity contribution in [2.75, 3.05) is 0 Å². The van der Waals surface area contributed by atoms with E-state index in [0.717, 1.165) is 50.4 Å². The van der Waals surface area contributed by atoms with Gasteiger partial charge in [0.1, 0.15) is 6.29 Å². The van der Waals surface area contributed by atoms with Gasteiger partial charge in [0.2, 0.25) is 0 Å². The summed E-state index contributed by atoms with van der Waals surface area (Å²) in [7, 11) is 0. The molecule has 0 radical (unpaired) electrons. The molecule has 0 unspecified atom stereocenters.